The highest BCUT2D eigenvalue weighted by atomic mass is 32.1. The van der Waals surface area contributed by atoms with E-state index in [2.05, 4.69) is 35.9 Å². The number of benzene rings is 2. The largest absolute Gasteiger partial charge is 0.426 e. The number of carbonyl (C=O) groups is 1. The molecule has 0 fully saturated rings. The number of rotatable bonds is 5. The fourth-order valence-corrected chi connectivity index (χ4v) is 4.43. The second-order valence-corrected chi connectivity index (χ2v) is 7.66. The lowest BCUT2D eigenvalue weighted by atomic mass is 9.95. The Morgan fingerprint density at radius 3 is 2.77 bits per heavy atom. The molecule has 1 aromatic heterocycles. The van der Waals surface area contributed by atoms with E-state index in [4.69, 9.17) is 4.74 Å². The lowest BCUT2D eigenvalue weighted by Crippen LogP contribution is -2.26. The number of fused-ring (bicyclic) bond motifs is 2. The molecule has 1 unspecified atom stereocenters. The molecule has 1 aliphatic heterocycles. The summed E-state index contributed by atoms with van der Waals surface area (Å²) in [6.07, 6.45) is 0.652. The Balaban J connectivity index is 1.59. The Morgan fingerprint density at radius 2 is 2.00 bits per heavy atom. The molecular weight excluding hydrogens is 344 g/mol. The van der Waals surface area contributed by atoms with Gasteiger partial charge in [-0.2, -0.15) is 0 Å². The van der Waals surface area contributed by atoms with Crippen LogP contribution >= 0.6 is 11.3 Å². The number of para-hydroxylation sites is 1. The van der Waals surface area contributed by atoms with Gasteiger partial charge in [-0.25, -0.2) is 4.98 Å². The molecule has 4 rings (SSSR count). The number of hydrogen-bond acceptors (Lipinski definition) is 5. The highest BCUT2D eigenvalue weighted by Gasteiger charge is 2.32. The van der Waals surface area contributed by atoms with Crippen molar-refractivity contribution in [1.82, 2.24) is 9.88 Å². The van der Waals surface area contributed by atoms with Crippen molar-refractivity contribution in [3.63, 3.8) is 0 Å². The molecule has 26 heavy (non-hydrogen) atoms. The van der Waals surface area contributed by atoms with Gasteiger partial charge < -0.3 is 4.74 Å². The third-order valence-electron chi connectivity index (χ3n) is 4.96. The highest BCUT2D eigenvalue weighted by Crippen LogP contribution is 2.37. The summed E-state index contributed by atoms with van der Waals surface area (Å²) in [6, 6.07) is 14.2. The first kappa shape index (κ1) is 17.2. The third kappa shape index (κ3) is 3.24. The number of carbonyl (C=O) groups excluding carboxylic acids is 1. The van der Waals surface area contributed by atoms with Crippen molar-refractivity contribution >= 4 is 27.5 Å². The van der Waals surface area contributed by atoms with E-state index in [9.17, 15) is 4.79 Å². The second-order valence-electron chi connectivity index (χ2n) is 6.60. The summed E-state index contributed by atoms with van der Waals surface area (Å²) >= 11 is 1.58. The van der Waals surface area contributed by atoms with Crippen LogP contribution in [0.4, 0.5) is 0 Å². The molecule has 2 aromatic carbocycles. The van der Waals surface area contributed by atoms with Crippen molar-refractivity contribution in [3.05, 3.63) is 58.6 Å². The molecule has 0 amide bonds. The van der Waals surface area contributed by atoms with E-state index in [-0.39, 0.29) is 11.9 Å². The third-order valence-corrected chi connectivity index (χ3v) is 6.11. The minimum atomic E-state index is -0.312. The Hall–Kier alpha value is -2.24. The molecule has 1 aliphatic rings. The standard InChI is InChI=1S/C21H22N2O2S/c1-3-23(4-2)13-14-9-10-15-12-16(21(24)25-18(15)11-14)20-22-17-7-5-6-8-19(17)26-20/h5-11,16H,3-4,12-13H2,1-2H3. The SMILES string of the molecule is CCN(CC)Cc1ccc2c(c1)OC(=O)C(c1nc3ccccc3s1)C2. The van der Waals surface area contributed by atoms with Crippen LogP contribution in [0.25, 0.3) is 10.2 Å². The van der Waals surface area contributed by atoms with E-state index in [0.29, 0.717) is 12.2 Å². The first-order chi connectivity index (χ1) is 12.7. The Morgan fingerprint density at radius 1 is 1.19 bits per heavy atom. The Kier molecular flexibility index (Phi) is 4.74. The summed E-state index contributed by atoms with van der Waals surface area (Å²) in [7, 11) is 0. The molecule has 1 atom stereocenters. The van der Waals surface area contributed by atoms with Crippen molar-refractivity contribution in [2.24, 2.45) is 0 Å². The van der Waals surface area contributed by atoms with Gasteiger partial charge in [-0.15, -0.1) is 11.3 Å². The van der Waals surface area contributed by atoms with Crippen LogP contribution in [0.5, 0.6) is 5.75 Å². The molecule has 2 heterocycles. The van der Waals surface area contributed by atoms with Crippen LogP contribution in [-0.4, -0.2) is 28.9 Å². The van der Waals surface area contributed by atoms with Crippen molar-refractivity contribution in [2.75, 3.05) is 13.1 Å². The zero-order valence-corrected chi connectivity index (χ0v) is 15.9. The summed E-state index contributed by atoms with van der Waals surface area (Å²) in [5.41, 5.74) is 3.21. The average Bonchev–Trinajstić information content (AvgIpc) is 3.09. The van der Waals surface area contributed by atoms with E-state index < -0.39 is 0 Å². The molecular formula is C21H22N2O2S. The predicted molar refractivity (Wildman–Crippen MR) is 105 cm³/mol. The fourth-order valence-electron chi connectivity index (χ4n) is 3.38. The minimum absolute atomic E-state index is 0.198. The zero-order chi connectivity index (χ0) is 18.1. The van der Waals surface area contributed by atoms with Gasteiger partial charge in [0.25, 0.3) is 0 Å². The van der Waals surface area contributed by atoms with Crippen molar-refractivity contribution < 1.29 is 9.53 Å². The van der Waals surface area contributed by atoms with Gasteiger partial charge in [0.1, 0.15) is 16.7 Å². The van der Waals surface area contributed by atoms with Gasteiger partial charge in [0.05, 0.1) is 10.2 Å². The van der Waals surface area contributed by atoms with Gasteiger partial charge in [0.15, 0.2) is 0 Å². The molecule has 0 spiro atoms. The summed E-state index contributed by atoms with van der Waals surface area (Å²) in [5, 5.41) is 0.842. The van der Waals surface area contributed by atoms with Crippen LogP contribution in [0.3, 0.4) is 0 Å². The summed E-state index contributed by atoms with van der Waals surface area (Å²) in [5.74, 6) is 0.196. The van der Waals surface area contributed by atoms with Crippen LogP contribution < -0.4 is 4.74 Å². The van der Waals surface area contributed by atoms with Crippen LogP contribution in [0.15, 0.2) is 42.5 Å². The Bertz CT molecular complexity index is 913. The van der Waals surface area contributed by atoms with E-state index in [1.807, 2.05) is 30.3 Å². The maximum absolute atomic E-state index is 12.6. The lowest BCUT2D eigenvalue weighted by molar-refractivity contribution is -0.137. The van der Waals surface area contributed by atoms with Gasteiger partial charge in [-0.05, 0) is 48.8 Å². The lowest BCUT2D eigenvalue weighted by Gasteiger charge is -2.24. The number of nitrogens with zero attached hydrogens (tertiary/aromatic N) is 2. The number of hydrogen-bond donors (Lipinski definition) is 0. The van der Waals surface area contributed by atoms with E-state index in [1.54, 1.807) is 11.3 Å². The average molecular weight is 366 g/mol. The number of esters is 1. The van der Waals surface area contributed by atoms with Crippen LogP contribution in [-0.2, 0) is 17.8 Å². The molecule has 0 bridgehead atoms. The summed E-state index contributed by atoms with van der Waals surface area (Å²) in [6.45, 7) is 7.20. The number of aromatic nitrogens is 1. The van der Waals surface area contributed by atoms with Crippen LogP contribution in [0, 0.1) is 0 Å². The quantitative estimate of drug-likeness (QED) is 0.496. The van der Waals surface area contributed by atoms with Crippen molar-refractivity contribution in [1.29, 1.82) is 0 Å². The molecule has 0 saturated heterocycles. The Labute approximate surface area is 157 Å². The molecule has 0 N–H and O–H groups in total. The molecule has 0 aliphatic carbocycles. The molecule has 3 aromatic rings. The van der Waals surface area contributed by atoms with Crippen LogP contribution in [0.2, 0.25) is 0 Å². The summed E-state index contributed by atoms with van der Waals surface area (Å²) in [4.78, 5) is 19.6. The highest BCUT2D eigenvalue weighted by molar-refractivity contribution is 7.18. The van der Waals surface area contributed by atoms with Gasteiger partial charge in [-0.1, -0.05) is 38.1 Å². The topological polar surface area (TPSA) is 42.4 Å². The normalized spacial score (nSPS) is 16.7. The molecule has 5 heteroatoms. The maximum atomic E-state index is 12.6. The van der Waals surface area contributed by atoms with E-state index in [0.717, 1.165) is 40.4 Å². The van der Waals surface area contributed by atoms with Gasteiger partial charge in [0, 0.05) is 6.54 Å². The van der Waals surface area contributed by atoms with Gasteiger partial charge >= 0.3 is 5.97 Å². The molecule has 4 nitrogen and oxygen atoms in total. The fraction of sp³-hybridized carbons (Fsp3) is 0.333. The monoisotopic (exact) mass is 366 g/mol. The van der Waals surface area contributed by atoms with Gasteiger partial charge in [-0.3, -0.25) is 9.69 Å². The predicted octanol–water partition coefficient (Wildman–Crippen LogP) is 4.38. The van der Waals surface area contributed by atoms with E-state index in [1.165, 1.54) is 5.56 Å². The maximum Gasteiger partial charge on any atom is 0.321 e. The smallest absolute Gasteiger partial charge is 0.321 e. The second kappa shape index (κ2) is 7.17. The van der Waals surface area contributed by atoms with Gasteiger partial charge in [0.2, 0.25) is 0 Å². The van der Waals surface area contributed by atoms with E-state index >= 15 is 0 Å². The first-order valence-electron chi connectivity index (χ1n) is 9.09. The first-order valence-corrected chi connectivity index (χ1v) is 9.91. The molecule has 0 saturated carbocycles. The minimum Gasteiger partial charge on any atom is -0.426 e. The number of thiazole rings is 1. The summed E-state index contributed by atoms with van der Waals surface area (Å²) < 4.78 is 6.80. The number of ether oxygens (including phenoxy) is 1. The van der Waals surface area contributed by atoms with Crippen molar-refractivity contribution in [3.8, 4) is 5.75 Å². The van der Waals surface area contributed by atoms with Crippen LogP contribution in [0.1, 0.15) is 35.9 Å². The van der Waals surface area contributed by atoms with Crippen molar-refractivity contribution in [2.45, 2.75) is 32.7 Å². The molecule has 0 radical (unpaired) electrons. The zero-order valence-electron chi connectivity index (χ0n) is 15.1. The molecule has 134 valence electrons.